The van der Waals surface area contributed by atoms with Crippen LogP contribution in [-0.4, -0.2) is 18.5 Å². The molecule has 0 unspecified atom stereocenters. The molecule has 15 heavy (non-hydrogen) atoms. The van der Waals surface area contributed by atoms with E-state index in [0.717, 1.165) is 13.0 Å². The molecule has 1 atom stereocenters. The van der Waals surface area contributed by atoms with E-state index in [-0.39, 0.29) is 11.9 Å². The quantitative estimate of drug-likeness (QED) is 0.839. The molecule has 1 aromatic carbocycles. The zero-order valence-electron chi connectivity index (χ0n) is 7.89. The number of rotatable bonds is 2. The SMILES string of the molecule is O=C(Nc1ccc(Cl)c(Cl)c1)[C@H]1CCN1. The highest BCUT2D eigenvalue weighted by atomic mass is 35.5. The Bertz CT molecular complexity index is 391. The van der Waals surface area contributed by atoms with Gasteiger partial charge in [0.05, 0.1) is 16.1 Å². The fourth-order valence-corrected chi connectivity index (χ4v) is 1.61. The Morgan fingerprint density at radius 2 is 2.13 bits per heavy atom. The molecule has 1 aliphatic heterocycles. The average Bonchev–Trinajstić information content (AvgIpc) is 2.08. The van der Waals surface area contributed by atoms with E-state index in [1.54, 1.807) is 18.2 Å². The first-order valence-electron chi connectivity index (χ1n) is 4.66. The molecule has 1 aliphatic rings. The molecule has 0 spiro atoms. The Balaban J connectivity index is 2.03. The van der Waals surface area contributed by atoms with Crippen molar-refractivity contribution < 1.29 is 4.79 Å². The Morgan fingerprint density at radius 1 is 1.40 bits per heavy atom. The van der Waals surface area contributed by atoms with Crippen molar-refractivity contribution in [3.05, 3.63) is 28.2 Å². The smallest absolute Gasteiger partial charge is 0.241 e. The van der Waals surface area contributed by atoms with Crippen LogP contribution in [0.2, 0.25) is 10.0 Å². The number of halogens is 2. The third-order valence-electron chi connectivity index (χ3n) is 2.33. The number of hydrogen-bond acceptors (Lipinski definition) is 2. The minimum atomic E-state index is -0.0700. The molecule has 1 amide bonds. The first-order chi connectivity index (χ1) is 7.16. The molecule has 1 aromatic rings. The minimum Gasteiger partial charge on any atom is -0.325 e. The fraction of sp³-hybridized carbons (Fsp3) is 0.300. The molecule has 1 saturated heterocycles. The van der Waals surface area contributed by atoms with Crippen molar-refractivity contribution in [3.8, 4) is 0 Å². The second kappa shape index (κ2) is 4.39. The Hall–Kier alpha value is -0.770. The van der Waals surface area contributed by atoms with Crippen LogP contribution in [0, 0.1) is 0 Å². The van der Waals surface area contributed by atoms with Gasteiger partial charge in [-0.25, -0.2) is 0 Å². The first kappa shape index (κ1) is 10.7. The van der Waals surface area contributed by atoms with E-state index >= 15 is 0 Å². The lowest BCUT2D eigenvalue weighted by Gasteiger charge is -2.26. The lowest BCUT2D eigenvalue weighted by molar-refractivity contribution is -0.119. The van der Waals surface area contributed by atoms with Crippen molar-refractivity contribution >= 4 is 34.8 Å². The highest BCUT2D eigenvalue weighted by molar-refractivity contribution is 6.42. The number of amides is 1. The van der Waals surface area contributed by atoms with Crippen LogP contribution >= 0.6 is 23.2 Å². The summed E-state index contributed by atoms with van der Waals surface area (Å²) in [5, 5.41) is 6.71. The Morgan fingerprint density at radius 3 is 2.67 bits per heavy atom. The first-order valence-corrected chi connectivity index (χ1v) is 5.42. The van der Waals surface area contributed by atoms with E-state index in [9.17, 15) is 4.79 Å². The van der Waals surface area contributed by atoms with Gasteiger partial charge in [0.15, 0.2) is 0 Å². The maximum Gasteiger partial charge on any atom is 0.241 e. The third kappa shape index (κ3) is 2.43. The summed E-state index contributed by atoms with van der Waals surface area (Å²) in [7, 11) is 0. The van der Waals surface area contributed by atoms with Crippen LogP contribution in [-0.2, 0) is 4.79 Å². The number of carbonyl (C=O) groups excluding carboxylic acids is 1. The lowest BCUT2D eigenvalue weighted by Crippen LogP contribution is -2.50. The average molecular weight is 245 g/mol. The number of hydrogen-bond donors (Lipinski definition) is 2. The third-order valence-corrected chi connectivity index (χ3v) is 3.07. The molecule has 80 valence electrons. The molecule has 0 aliphatic carbocycles. The van der Waals surface area contributed by atoms with Gasteiger partial charge in [0.25, 0.3) is 0 Å². The van der Waals surface area contributed by atoms with Crippen LogP contribution in [0.25, 0.3) is 0 Å². The maximum absolute atomic E-state index is 11.5. The zero-order valence-corrected chi connectivity index (χ0v) is 9.40. The molecular weight excluding hydrogens is 235 g/mol. The summed E-state index contributed by atoms with van der Waals surface area (Å²) in [6.07, 6.45) is 0.882. The van der Waals surface area contributed by atoms with E-state index in [1.165, 1.54) is 0 Å². The molecule has 3 nitrogen and oxygen atoms in total. The van der Waals surface area contributed by atoms with Crippen molar-refractivity contribution in [3.63, 3.8) is 0 Å². The van der Waals surface area contributed by atoms with Gasteiger partial charge < -0.3 is 10.6 Å². The standard InChI is InChI=1S/C10H10Cl2N2O/c11-7-2-1-6(5-8(7)12)14-10(15)9-3-4-13-9/h1-2,5,9,13H,3-4H2,(H,14,15)/t9-/m1/s1. The fourth-order valence-electron chi connectivity index (χ4n) is 1.32. The van der Waals surface area contributed by atoms with Gasteiger partial charge in [-0.05, 0) is 31.2 Å². The summed E-state index contributed by atoms with van der Waals surface area (Å²) >= 11 is 11.6. The summed E-state index contributed by atoms with van der Waals surface area (Å²) < 4.78 is 0. The Labute approximate surface area is 97.8 Å². The van der Waals surface area contributed by atoms with E-state index in [0.29, 0.717) is 15.7 Å². The van der Waals surface area contributed by atoms with Crippen molar-refractivity contribution in [1.82, 2.24) is 5.32 Å². The van der Waals surface area contributed by atoms with E-state index in [2.05, 4.69) is 10.6 Å². The van der Waals surface area contributed by atoms with Crippen molar-refractivity contribution in [1.29, 1.82) is 0 Å². The van der Waals surface area contributed by atoms with Crippen molar-refractivity contribution in [2.45, 2.75) is 12.5 Å². The topological polar surface area (TPSA) is 41.1 Å². The van der Waals surface area contributed by atoms with Gasteiger partial charge in [-0.3, -0.25) is 4.79 Å². The maximum atomic E-state index is 11.5. The largest absolute Gasteiger partial charge is 0.325 e. The number of anilines is 1. The van der Waals surface area contributed by atoms with Crippen LogP contribution in [0.15, 0.2) is 18.2 Å². The summed E-state index contributed by atoms with van der Waals surface area (Å²) in [4.78, 5) is 11.5. The van der Waals surface area contributed by atoms with E-state index < -0.39 is 0 Å². The predicted molar refractivity (Wildman–Crippen MR) is 61.5 cm³/mol. The van der Waals surface area contributed by atoms with Gasteiger partial charge in [-0.1, -0.05) is 23.2 Å². The summed E-state index contributed by atoms with van der Waals surface area (Å²) in [5.41, 5.74) is 0.670. The van der Waals surface area contributed by atoms with Crippen LogP contribution in [0.4, 0.5) is 5.69 Å². The molecule has 0 bridgehead atoms. The highest BCUT2D eigenvalue weighted by Crippen LogP contribution is 2.25. The molecule has 2 rings (SSSR count). The van der Waals surface area contributed by atoms with Crippen molar-refractivity contribution in [2.24, 2.45) is 0 Å². The van der Waals surface area contributed by atoms with Crippen molar-refractivity contribution in [2.75, 3.05) is 11.9 Å². The van der Waals surface area contributed by atoms with Gasteiger partial charge in [0, 0.05) is 5.69 Å². The van der Waals surface area contributed by atoms with Gasteiger partial charge in [-0.15, -0.1) is 0 Å². The summed E-state index contributed by atoms with van der Waals surface area (Å²) in [5.74, 6) is -0.0281. The number of benzene rings is 1. The highest BCUT2D eigenvalue weighted by Gasteiger charge is 2.24. The molecule has 5 heteroatoms. The minimum absolute atomic E-state index is 0.0281. The molecule has 1 heterocycles. The van der Waals surface area contributed by atoms with Crippen LogP contribution < -0.4 is 10.6 Å². The summed E-state index contributed by atoms with van der Waals surface area (Å²) in [6, 6.07) is 4.96. The summed E-state index contributed by atoms with van der Waals surface area (Å²) in [6.45, 7) is 0.902. The molecule has 0 radical (unpaired) electrons. The second-order valence-corrected chi connectivity index (χ2v) is 4.23. The van der Waals surface area contributed by atoms with Gasteiger partial charge >= 0.3 is 0 Å². The lowest BCUT2D eigenvalue weighted by atomic mass is 10.1. The molecule has 2 N–H and O–H groups in total. The molecular formula is C10H10Cl2N2O. The second-order valence-electron chi connectivity index (χ2n) is 3.41. The van der Waals surface area contributed by atoms with E-state index in [4.69, 9.17) is 23.2 Å². The number of carbonyl (C=O) groups is 1. The van der Waals surface area contributed by atoms with Crippen LogP contribution in [0.1, 0.15) is 6.42 Å². The van der Waals surface area contributed by atoms with Crippen LogP contribution in [0.5, 0.6) is 0 Å². The van der Waals surface area contributed by atoms with Crippen LogP contribution in [0.3, 0.4) is 0 Å². The van der Waals surface area contributed by atoms with Gasteiger partial charge in [-0.2, -0.15) is 0 Å². The zero-order chi connectivity index (χ0) is 10.8. The van der Waals surface area contributed by atoms with Gasteiger partial charge in [0.1, 0.15) is 0 Å². The normalized spacial score (nSPS) is 19.5. The molecule has 0 aromatic heterocycles. The monoisotopic (exact) mass is 244 g/mol. The Kier molecular flexibility index (Phi) is 3.14. The van der Waals surface area contributed by atoms with Gasteiger partial charge in [0.2, 0.25) is 5.91 Å². The molecule has 1 fully saturated rings. The van der Waals surface area contributed by atoms with E-state index in [1.807, 2.05) is 0 Å². The number of nitrogens with one attached hydrogen (secondary N) is 2. The molecule has 0 saturated carbocycles. The predicted octanol–water partition coefficient (Wildman–Crippen LogP) is 2.29.